The van der Waals surface area contributed by atoms with E-state index in [1.807, 2.05) is 42.5 Å². The lowest BCUT2D eigenvalue weighted by Gasteiger charge is -2.31. The molecule has 0 bridgehead atoms. The van der Waals surface area contributed by atoms with Gasteiger partial charge in [0, 0.05) is 16.9 Å². The number of esters is 1. The van der Waals surface area contributed by atoms with Gasteiger partial charge in [0.2, 0.25) is 0 Å². The van der Waals surface area contributed by atoms with E-state index in [9.17, 15) is 4.79 Å². The molecular formula is C25H30N2O4. The summed E-state index contributed by atoms with van der Waals surface area (Å²) in [5.41, 5.74) is 2.84. The molecule has 0 atom stereocenters. The number of nitrogens with zero attached hydrogens (tertiary/aromatic N) is 2. The van der Waals surface area contributed by atoms with Crippen LogP contribution in [-0.4, -0.2) is 49.4 Å². The fraction of sp³-hybridized carbons (Fsp3) is 0.440. The van der Waals surface area contributed by atoms with E-state index in [0.29, 0.717) is 12.5 Å². The van der Waals surface area contributed by atoms with Gasteiger partial charge in [-0.05, 0) is 63.5 Å². The second-order valence-corrected chi connectivity index (χ2v) is 8.10. The van der Waals surface area contributed by atoms with Crippen LogP contribution in [0.2, 0.25) is 0 Å². The van der Waals surface area contributed by atoms with Crippen molar-refractivity contribution in [1.29, 1.82) is 0 Å². The van der Waals surface area contributed by atoms with Crippen molar-refractivity contribution in [2.24, 2.45) is 0 Å². The Morgan fingerprint density at radius 3 is 2.71 bits per heavy atom. The average molecular weight is 423 g/mol. The van der Waals surface area contributed by atoms with Crippen molar-refractivity contribution < 1.29 is 18.8 Å². The highest BCUT2D eigenvalue weighted by Gasteiger charge is 2.24. The summed E-state index contributed by atoms with van der Waals surface area (Å²) in [6.45, 7) is 3.64. The number of ether oxygens (including phenoxy) is 2. The lowest BCUT2D eigenvalue weighted by molar-refractivity contribution is -0.143. The van der Waals surface area contributed by atoms with Crippen LogP contribution in [0.25, 0.3) is 11.0 Å². The van der Waals surface area contributed by atoms with Crippen LogP contribution in [-0.2, 0) is 16.0 Å². The Morgan fingerprint density at radius 1 is 1.10 bits per heavy atom. The van der Waals surface area contributed by atoms with Gasteiger partial charge in [-0.25, -0.2) is 0 Å². The van der Waals surface area contributed by atoms with Gasteiger partial charge in [-0.3, -0.25) is 4.79 Å². The molecule has 0 spiro atoms. The van der Waals surface area contributed by atoms with E-state index in [0.717, 1.165) is 73.3 Å². The molecular weight excluding hydrogens is 392 g/mol. The summed E-state index contributed by atoms with van der Waals surface area (Å²) in [6.07, 6.45) is 4.36. The van der Waals surface area contributed by atoms with Crippen molar-refractivity contribution in [2.45, 2.75) is 38.0 Å². The third-order valence-electron chi connectivity index (χ3n) is 6.04. The summed E-state index contributed by atoms with van der Waals surface area (Å²) >= 11 is 0. The summed E-state index contributed by atoms with van der Waals surface area (Å²) in [6, 6.07) is 15.6. The summed E-state index contributed by atoms with van der Waals surface area (Å²) in [5.74, 6) is 0.988. The number of likely N-dealkylation sites (tertiary alicyclic amines) is 1. The molecule has 2 heterocycles. The normalized spacial score (nSPS) is 15.3. The number of benzene rings is 2. The van der Waals surface area contributed by atoms with Crippen molar-refractivity contribution in [2.75, 3.05) is 33.4 Å². The predicted molar refractivity (Wildman–Crippen MR) is 119 cm³/mol. The molecule has 0 saturated carbocycles. The number of aromatic nitrogens is 1. The van der Waals surface area contributed by atoms with Gasteiger partial charge in [0.15, 0.2) is 5.58 Å². The number of para-hydroxylation sites is 2. The van der Waals surface area contributed by atoms with Gasteiger partial charge in [-0.15, -0.1) is 0 Å². The monoisotopic (exact) mass is 422 g/mol. The summed E-state index contributed by atoms with van der Waals surface area (Å²) in [5, 5.41) is 5.49. The number of methoxy groups -OCH3 is 1. The first-order chi connectivity index (χ1) is 15.2. The molecule has 0 aliphatic carbocycles. The molecule has 0 radical (unpaired) electrons. The molecule has 4 rings (SSSR count). The van der Waals surface area contributed by atoms with Crippen molar-refractivity contribution in [3.8, 4) is 5.75 Å². The molecule has 164 valence electrons. The average Bonchev–Trinajstić information content (AvgIpc) is 3.24. The van der Waals surface area contributed by atoms with Gasteiger partial charge < -0.3 is 18.9 Å². The highest BCUT2D eigenvalue weighted by atomic mass is 16.5. The van der Waals surface area contributed by atoms with Crippen molar-refractivity contribution in [1.82, 2.24) is 10.1 Å². The highest BCUT2D eigenvalue weighted by molar-refractivity contribution is 5.79. The minimum absolute atomic E-state index is 0.204. The SMILES string of the molecule is COc1ccccc1CC(=O)OCCCCN1CCC(c2noc3ccccc23)CC1. The zero-order valence-electron chi connectivity index (χ0n) is 18.1. The Hall–Kier alpha value is -2.86. The zero-order valence-corrected chi connectivity index (χ0v) is 18.1. The van der Waals surface area contributed by atoms with Gasteiger partial charge in [-0.1, -0.05) is 35.5 Å². The number of rotatable bonds is 9. The molecule has 0 unspecified atom stereocenters. The molecule has 6 heteroatoms. The second-order valence-electron chi connectivity index (χ2n) is 8.10. The Labute approximate surface area is 183 Å². The Morgan fingerprint density at radius 2 is 1.87 bits per heavy atom. The van der Waals surface area contributed by atoms with Crippen molar-refractivity contribution in [3.05, 3.63) is 59.8 Å². The van der Waals surface area contributed by atoms with Crippen LogP contribution in [0.5, 0.6) is 5.75 Å². The molecule has 1 saturated heterocycles. The number of hydrogen-bond acceptors (Lipinski definition) is 6. The highest BCUT2D eigenvalue weighted by Crippen LogP contribution is 2.32. The van der Waals surface area contributed by atoms with Crippen LogP contribution < -0.4 is 4.74 Å². The number of carbonyl (C=O) groups is 1. The lowest BCUT2D eigenvalue weighted by Crippen LogP contribution is -2.34. The Bertz CT molecular complexity index is 992. The first-order valence-corrected chi connectivity index (χ1v) is 11.1. The number of hydrogen-bond donors (Lipinski definition) is 0. The number of piperidine rings is 1. The quantitative estimate of drug-likeness (QED) is 0.371. The minimum Gasteiger partial charge on any atom is -0.496 e. The molecule has 2 aromatic carbocycles. The maximum atomic E-state index is 12.1. The lowest BCUT2D eigenvalue weighted by atomic mass is 9.91. The molecule has 3 aromatic rings. The van der Waals surface area contributed by atoms with E-state index in [1.165, 1.54) is 0 Å². The van der Waals surface area contributed by atoms with Crippen molar-refractivity contribution in [3.63, 3.8) is 0 Å². The van der Waals surface area contributed by atoms with Gasteiger partial charge in [0.1, 0.15) is 5.75 Å². The topological polar surface area (TPSA) is 64.8 Å². The van der Waals surface area contributed by atoms with Gasteiger partial charge in [-0.2, -0.15) is 0 Å². The number of carbonyl (C=O) groups excluding carboxylic acids is 1. The summed E-state index contributed by atoms with van der Waals surface area (Å²) in [4.78, 5) is 14.6. The maximum Gasteiger partial charge on any atom is 0.310 e. The molecule has 1 aliphatic heterocycles. The Balaban J connectivity index is 1.13. The molecule has 0 amide bonds. The molecule has 6 nitrogen and oxygen atoms in total. The van der Waals surface area contributed by atoms with Gasteiger partial charge >= 0.3 is 5.97 Å². The number of fused-ring (bicyclic) bond motifs is 1. The van der Waals surface area contributed by atoms with Crippen LogP contribution >= 0.6 is 0 Å². The van der Waals surface area contributed by atoms with Crippen LogP contribution in [0.4, 0.5) is 0 Å². The molecule has 1 aliphatic rings. The standard InChI is InChI=1S/C25H30N2O4/c1-29-22-10-4-2-8-20(22)18-24(28)30-17-7-6-14-27-15-12-19(13-16-27)25-21-9-3-5-11-23(21)31-26-25/h2-5,8-11,19H,6-7,12-18H2,1H3. The second kappa shape index (κ2) is 10.4. The first kappa shape index (κ1) is 21.4. The largest absolute Gasteiger partial charge is 0.496 e. The fourth-order valence-corrected chi connectivity index (χ4v) is 4.31. The number of unbranched alkanes of at least 4 members (excludes halogenated alkanes) is 1. The predicted octanol–water partition coefficient (Wildman–Crippen LogP) is 4.58. The fourth-order valence-electron chi connectivity index (χ4n) is 4.31. The van der Waals surface area contributed by atoms with Gasteiger partial charge in [0.05, 0.1) is 25.8 Å². The van der Waals surface area contributed by atoms with Crippen LogP contribution in [0, 0.1) is 0 Å². The van der Waals surface area contributed by atoms with E-state index < -0.39 is 0 Å². The zero-order chi connectivity index (χ0) is 21.5. The van der Waals surface area contributed by atoms with E-state index in [2.05, 4.69) is 16.1 Å². The molecule has 31 heavy (non-hydrogen) atoms. The minimum atomic E-state index is -0.204. The summed E-state index contributed by atoms with van der Waals surface area (Å²) in [7, 11) is 1.61. The van der Waals surface area contributed by atoms with Crippen LogP contribution in [0.1, 0.15) is 42.9 Å². The molecule has 1 fully saturated rings. The first-order valence-electron chi connectivity index (χ1n) is 11.1. The molecule has 0 N–H and O–H groups in total. The maximum absolute atomic E-state index is 12.1. The van der Waals surface area contributed by atoms with Gasteiger partial charge in [0.25, 0.3) is 0 Å². The third kappa shape index (κ3) is 5.44. The van der Waals surface area contributed by atoms with Crippen molar-refractivity contribution >= 4 is 16.9 Å². The molecule has 1 aromatic heterocycles. The smallest absolute Gasteiger partial charge is 0.310 e. The van der Waals surface area contributed by atoms with Crippen LogP contribution in [0.15, 0.2) is 53.1 Å². The van der Waals surface area contributed by atoms with E-state index >= 15 is 0 Å². The van der Waals surface area contributed by atoms with E-state index in [4.69, 9.17) is 14.0 Å². The summed E-state index contributed by atoms with van der Waals surface area (Å²) < 4.78 is 16.2. The third-order valence-corrected chi connectivity index (χ3v) is 6.04. The Kier molecular flexibility index (Phi) is 7.20. The van der Waals surface area contributed by atoms with Crippen LogP contribution in [0.3, 0.4) is 0 Å². The van der Waals surface area contributed by atoms with E-state index in [-0.39, 0.29) is 12.4 Å². The van der Waals surface area contributed by atoms with E-state index in [1.54, 1.807) is 7.11 Å².